The molecule has 0 unspecified atom stereocenters. The number of likely N-dealkylation sites (tertiary alicyclic amines) is 1. The maximum atomic E-state index is 13.2. The van der Waals surface area contributed by atoms with Crippen LogP contribution in [-0.2, 0) is 22.9 Å². The van der Waals surface area contributed by atoms with E-state index in [1.807, 2.05) is 12.1 Å². The summed E-state index contributed by atoms with van der Waals surface area (Å²) in [4.78, 5) is 23.6. The predicted molar refractivity (Wildman–Crippen MR) is 132 cm³/mol. The fourth-order valence-electron chi connectivity index (χ4n) is 4.33. The van der Waals surface area contributed by atoms with E-state index in [0.29, 0.717) is 16.2 Å². The molecule has 1 saturated heterocycles. The van der Waals surface area contributed by atoms with Gasteiger partial charge in [0.2, 0.25) is 15.6 Å². The van der Waals surface area contributed by atoms with Gasteiger partial charge < -0.3 is 5.32 Å². The first kappa shape index (κ1) is 23.2. The molecule has 0 atom stereocenters. The van der Waals surface area contributed by atoms with Gasteiger partial charge in [0.1, 0.15) is 0 Å². The van der Waals surface area contributed by atoms with Crippen LogP contribution in [0.25, 0.3) is 5.78 Å². The summed E-state index contributed by atoms with van der Waals surface area (Å²) in [6, 6.07) is 13.9. The highest BCUT2D eigenvalue weighted by molar-refractivity contribution is 7.91. The molecule has 0 spiro atoms. The number of nitrogens with zero attached hydrogens (tertiary/aromatic N) is 4. The van der Waals surface area contributed by atoms with Gasteiger partial charge in [0.25, 0.3) is 5.91 Å². The topological polar surface area (TPSA) is 96.7 Å². The molecule has 8 nitrogen and oxygen atoms in total. The highest BCUT2D eigenvalue weighted by atomic mass is 32.2. The lowest BCUT2D eigenvalue weighted by atomic mass is 10.1. The number of imidazole rings is 1. The Hall–Kier alpha value is -3.56. The number of carbonyl (C=O) groups excluding carboxylic acids is 1. The summed E-state index contributed by atoms with van der Waals surface area (Å²) in [6.45, 7) is 3.16. The van der Waals surface area contributed by atoms with Crippen LogP contribution in [-0.4, -0.2) is 46.7 Å². The van der Waals surface area contributed by atoms with Crippen molar-refractivity contribution in [2.24, 2.45) is 0 Å². The molecule has 1 amide bonds. The molecule has 1 aliphatic heterocycles. The Morgan fingerprint density at radius 3 is 2.54 bits per heavy atom. The molecule has 5 rings (SSSR count). The fraction of sp³-hybridized carbons (Fsp3) is 0.269. The van der Waals surface area contributed by atoms with Crippen molar-refractivity contribution in [2.75, 3.05) is 13.1 Å². The smallest absolute Gasteiger partial charge is 0.254 e. The Balaban J connectivity index is 1.24. The van der Waals surface area contributed by atoms with E-state index in [0.717, 1.165) is 30.8 Å². The van der Waals surface area contributed by atoms with E-state index >= 15 is 0 Å². The average Bonchev–Trinajstić information content (AvgIpc) is 3.36. The Morgan fingerprint density at radius 1 is 0.943 bits per heavy atom. The molecule has 1 N–H and O–H groups in total. The molecule has 0 bridgehead atoms. The Labute approximate surface area is 204 Å². The molecule has 180 valence electrons. The van der Waals surface area contributed by atoms with E-state index in [9.17, 15) is 13.2 Å². The molecule has 0 radical (unpaired) electrons. The second-order valence-corrected chi connectivity index (χ2v) is 10.7. The van der Waals surface area contributed by atoms with Crippen molar-refractivity contribution in [1.29, 1.82) is 0 Å². The van der Waals surface area contributed by atoms with Crippen molar-refractivity contribution < 1.29 is 13.2 Å². The number of aromatic nitrogens is 3. The van der Waals surface area contributed by atoms with Gasteiger partial charge in [0.15, 0.2) is 0 Å². The van der Waals surface area contributed by atoms with Gasteiger partial charge in [-0.3, -0.25) is 14.1 Å². The van der Waals surface area contributed by atoms with Crippen LogP contribution in [0.5, 0.6) is 0 Å². The van der Waals surface area contributed by atoms with Gasteiger partial charge >= 0.3 is 0 Å². The third-order valence-corrected chi connectivity index (χ3v) is 8.03. The lowest BCUT2D eigenvalue weighted by molar-refractivity contribution is 0.0950. The van der Waals surface area contributed by atoms with Crippen LogP contribution in [0.15, 0.2) is 83.1 Å². The quantitative estimate of drug-likeness (QED) is 0.427. The zero-order valence-corrected chi connectivity index (χ0v) is 20.1. The fourth-order valence-corrected chi connectivity index (χ4v) is 5.66. The number of benzene rings is 2. The van der Waals surface area contributed by atoms with Gasteiger partial charge in [-0.25, -0.2) is 18.4 Å². The minimum Gasteiger partial charge on any atom is -0.348 e. The van der Waals surface area contributed by atoms with E-state index in [1.165, 1.54) is 25.5 Å². The summed E-state index contributed by atoms with van der Waals surface area (Å²) < 4.78 is 28.1. The molecule has 2 aromatic carbocycles. The monoisotopic (exact) mass is 489 g/mol. The second-order valence-electron chi connectivity index (χ2n) is 8.79. The lowest BCUT2D eigenvalue weighted by Crippen LogP contribution is -2.29. The van der Waals surface area contributed by atoms with Crippen LogP contribution in [0.3, 0.4) is 0 Å². The summed E-state index contributed by atoms with van der Waals surface area (Å²) >= 11 is 0. The van der Waals surface area contributed by atoms with E-state index in [4.69, 9.17) is 0 Å². The number of nitrogens with one attached hydrogen (secondary N) is 1. The number of rotatable bonds is 7. The molecule has 9 heteroatoms. The molecule has 4 aromatic rings. The zero-order chi connectivity index (χ0) is 24.3. The summed E-state index contributed by atoms with van der Waals surface area (Å²) in [7, 11) is -3.63. The van der Waals surface area contributed by atoms with Gasteiger partial charge in [-0.2, -0.15) is 0 Å². The number of piperidine rings is 1. The van der Waals surface area contributed by atoms with Crippen LogP contribution in [0, 0.1) is 0 Å². The van der Waals surface area contributed by atoms with Gasteiger partial charge in [-0.1, -0.05) is 30.7 Å². The zero-order valence-electron chi connectivity index (χ0n) is 19.3. The largest absolute Gasteiger partial charge is 0.348 e. The van der Waals surface area contributed by atoms with E-state index in [2.05, 4.69) is 20.2 Å². The Bertz CT molecular complexity index is 1440. The molecule has 0 saturated carbocycles. The van der Waals surface area contributed by atoms with Crippen LogP contribution in [0.2, 0.25) is 0 Å². The third kappa shape index (κ3) is 5.26. The molecule has 0 aliphatic carbocycles. The minimum atomic E-state index is -3.63. The number of fused-ring (bicyclic) bond motifs is 1. The normalized spacial score (nSPS) is 14.7. The van der Waals surface area contributed by atoms with Crippen LogP contribution in [0.4, 0.5) is 0 Å². The van der Waals surface area contributed by atoms with Crippen molar-refractivity contribution >= 4 is 21.5 Å². The van der Waals surface area contributed by atoms with Crippen LogP contribution < -0.4 is 5.32 Å². The van der Waals surface area contributed by atoms with Gasteiger partial charge in [-0.05, 0) is 61.3 Å². The number of sulfone groups is 1. The first-order valence-electron chi connectivity index (χ1n) is 11.7. The molecular formula is C26H27N5O3S. The van der Waals surface area contributed by atoms with Crippen LogP contribution in [0.1, 0.15) is 40.7 Å². The lowest BCUT2D eigenvalue weighted by Gasteiger charge is -2.26. The maximum Gasteiger partial charge on any atom is 0.254 e. The molecule has 1 fully saturated rings. The third-order valence-electron chi connectivity index (χ3n) is 6.26. The number of hydrogen-bond donors (Lipinski definition) is 1. The predicted octanol–water partition coefficient (Wildman–Crippen LogP) is 3.48. The molecule has 1 aliphatic rings. The van der Waals surface area contributed by atoms with E-state index in [-0.39, 0.29) is 17.3 Å². The van der Waals surface area contributed by atoms with Gasteiger partial charge in [-0.15, -0.1) is 0 Å². The van der Waals surface area contributed by atoms with Crippen molar-refractivity contribution in [3.05, 3.63) is 90.0 Å². The Kier molecular flexibility index (Phi) is 6.61. The standard InChI is InChI=1S/C26H27N5O3S/c32-25(22-17-29-26-27-11-14-31(26)19-22)28-16-20-7-9-23(10-8-20)35(33,34)24-6-4-5-21(15-24)18-30-12-2-1-3-13-30/h4-11,14-15,17,19H,1-3,12-13,16,18H2,(H,28,32). The summed E-state index contributed by atoms with van der Waals surface area (Å²) in [6.07, 6.45) is 10.1. The SMILES string of the molecule is O=C(NCc1ccc(S(=O)(=O)c2cccc(CN3CCCCC3)c2)cc1)c1cnc2nccn2c1. The first-order chi connectivity index (χ1) is 17.0. The van der Waals surface area contributed by atoms with Crippen LogP contribution >= 0.6 is 0 Å². The van der Waals surface area contributed by atoms with Gasteiger partial charge in [0, 0.05) is 37.9 Å². The number of carbonyl (C=O) groups is 1. The van der Waals surface area contributed by atoms with Crippen molar-refractivity contribution in [3.63, 3.8) is 0 Å². The number of hydrogen-bond acceptors (Lipinski definition) is 6. The molecule has 35 heavy (non-hydrogen) atoms. The summed E-state index contributed by atoms with van der Waals surface area (Å²) in [5.74, 6) is 0.255. The second kappa shape index (κ2) is 9.97. The summed E-state index contributed by atoms with van der Waals surface area (Å²) in [5, 5.41) is 2.84. The summed E-state index contributed by atoms with van der Waals surface area (Å²) in [5.41, 5.74) is 2.22. The van der Waals surface area contributed by atoms with Gasteiger partial charge in [0.05, 0.1) is 15.4 Å². The molecule has 3 heterocycles. The van der Waals surface area contributed by atoms with Crippen molar-refractivity contribution in [2.45, 2.75) is 42.1 Å². The van der Waals surface area contributed by atoms with E-state index in [1.54, 1.807) is 59.4 Å². The highest BCUT2D eigenvalue weighted by Gasteiger charge is 2.19. The minimum absolute atomic E-state index is 0.234. The molecular weight excluding hydrogens is 462 g/mol. The van der Waals surface area contributed by atoms with E-state index < -0.39 is 9.84 Å². The highest BCUT2D eigenvalue weighted by Crippen LogP contribution is 2.23. The average molecular weight is 490 g/mol. The first-order valence-corrected chi connectivity index (χ1v) is 13.2. The van der Waals surface area contributed by atoms with Crippen molar-refractivity contribution in [3.8, 4) is 0 Å². The molecule has 2 aromatic heterocycles. The van der Waals surface area contributed by atoms with Crippen molar-refractivity contribution in [1.82, 2.24) is 24.6 Å². The number of amides is 1. The Morgan fingerprint density at radius 2 is 1.74 bits per heavy atom. The maximum absolute atomic E-state index is 13.2.